The zero-order valence-corrected chi connectivity index (χ0v) is 12.3. The van der Waals surface area contributed by atoms with Crippen LogP contribution in [0.15, 0.2) is 60.7 Å². The van der Waals surface area contributed by atoms with E-state index in [1.165, 1.54) is 0 Å². The summed E-state index contributed by atoms with van der Waals surface area (Å²) in [6.45, 7) is 4.28. The second kappa shape index (κ2) is 7.41. The van der Waals surface area contributed by atoms with E-state index < -0.39 is 0 Å². The zero-order chi connectivity index (χ0) is 15.1. The number of hydrogen-bond acceptors (Lipinski definition) is 2. The van der Waals surface area contributed by atoms with Crippen molar-refractivity contribution in [3.63, 3.8) is 0 Å². The van der Waals surface area contributed by atoms with E-state index in [9.17, 15) is 4.79 Å². The molecule has 3 heteroatoms. The summed E-state index contributed by atoms with van der Waals surface area (Å²) in [7, 11) is 0. The van der Waals surface area contributed by atoms with E-state index in [4.69, 9.17) is 4.84 Å². The lowest BCUT2D eigenvalue weighted by Crippen LogP contribution is -2.24. The average molecular weight is 281 g/mol. The third kappa shape index (κ3) is 4.04. The highest BCUT2D eigenvalue weighted by atomic mass is 16.6. The van der Waals surface area contributed by atoms with Gasteiger partial charge in [0.25, 0.3) is 5.91 Å². The lowest BCUT2D eigenvalue weighted by molar-refractivity contribution is 0.0233. The smallest absolute Gasteiger partial charge is 0.269 e. The Labute approximate surface area is 125 Å². The van der Waals surface area contributed by atoms with Gasteiger partial charge in [-0.15, -0.1) is 0 Å². The number of amides is 1. The van der Waals surface area contributed by atoms with E-state index in [1.807, 2.05) is 68.5 Å². The zero-order valence-electron chi connectivity index (χ0n) is 12.3. The topological polar surface area (TPSA) is 38.3 Å². The summed E-state index contributed by atoms with van der Waals surface area (Å²) >= 11 is 0. The van der Waals surface area contributed by atoms with Gasteiger partial charge in [-0.05, 0) is 36.6 Å². The molecule has 2 aromatic carbocycles. The summed E-state index contributed by atoms with van der Waals surface area (Å²) in [6, 6.07) is 17.2. The molecule has 3 nitrogen and oxygen atoms in total. The number of carbonyl (C=O) groups excluding carboxylic acids is 1. The first-order chi connectivity index (χ1) is 10.2. The quantitative estimate of drug-likeness (QED) is 0.842. The molecule has 0 atom stereocenters. The number of benzene rings is 2. The van der Waals surface area contributed by atoms with Crippen molar-refractivity contribution >= 4 is 11.5 Å². The van der Waals surface area contributed by atoms with Crippen LogP contribution in [-0.2, 0) is 11.4 Å². The summed E-state index contributed by atoms with van der Waals surface area (Å²) in [5, 5.41) is 0. The Morgan fingerprint density at radius 2 is 1.67 bits per heavy atom. The van der Waals surface area contributed by atoms with Crippen molar-refractivity contribution in [1.82, 2.24) is 5.48 Å². The normalized spacial score (nSPS) is 11.2. The maximum absolute atomic E-state index is 12.2. The minimum Gasteiger partial charge on any atom is -0.269 e. The van der Waals surface area contributed by atoms with Crippen LogP contribution in [0.2, 0.25) is 0 Å². The predicted octanol–water partition coefficient (Wildman–Crippen LogP) is 3.97. The second-order valence-electron chi connectivity index (χ2n) is 4.72. The summed E-state index contributed by atoms with van der Waals surface area (Å²) in [5.74, 6) is -0.234. The van der Waals surface area contributed by atoms with Crippen LogP contribution in [0.4, 0.5) is 0 Å². The van der Waals surface area contributed by atoms with Gasteiger partial charge in [0.2, 0.25) is 0 Å². The Balaban J connectivity index is 2.01. The van der Waals surface area contributed by atoms with Gasteiger partial charge in [0.05, 0.1) is 6.61 Å². The molecule has 0 heterocycles. The van der Waals surface area contributed by atoms with Crippen molar-refractivity contribution in [1.29, 1.82) is 0 Å². The summed E-state index contributed by atoms with van der Waals surface area (Å²) in [4.78, 5) is 17.5. The van der Waals surface area contributed by atoms with Crippen LogP contribution in [0, 0.1) is 0 Å². The van der Waals surface area contributed by atoms with Crippen LogP contribution in [0.5, 0.6) is 0 Å². The summed E-state index contributed by atoms with van der Waals surface area (Å²) in [5.41, 5.74) is 6.10. The molecule has 2 aromatic rings. The molecule has 0 unspecified atom stereocenters. The van der Waals surface area contributed by atoms with Crippen LogP contribution in [0.25, 0.3) is 5.57 Å². The molecule has 0 radical (unpaired) electrons. The Bertz CT molecular complexity index is 633. The van der Waals surface area contributed by atoms with Gasteiger partial charge in [-0.1, -0.05) is 54.6 Å². The monoisotopic (exact) mass is 281 g/mol. The highest BCUT2D eigenvalue weighted by Gasteiger charge is 2.11. The highest BCUT2D eigenvalue weighted by molar-refractivity contribution is 5.98. The van der Waals surface area contributed by atoms with Crippen LogP contribution < -0.4 is 5.48 Å². The van der Waals surface area contributed by atoms with Crippen molar-refractivity contribution in [2.24, 2.45) is 0 Å². The number of nitrogens with one attached hydrogen (secondary N) is 1. The lowest BCUT2D eigenvalue weighted by atomic mass is 10.0. The fourth-order valence-corrected chi connectivity index (χ4v) is 1.99. The van der Waals surface area contributed by atoms with E-state index in [2.05, 4.69) is 5.48 Å². The van der Waals surface area contributed by atoms with Crippen molar-refractivity contribution < 1.29 is 9.63 Å². The first kappa shape index (κ1) is 15.0. The molecule has 1 amide bonds. The number of rotatable bonds is 5. The molecule has 0 aliphatic heterocycles. The Morgan fingerprint density at radius 1 is 1.05 bits per heavy atom. The van der Waals surface area contributed by atoms with Crippen LogP contribution in [0.1, 0.15) is 35.3 Å². The average Bonchev–Trinajstić information content (AvgIpc) is 2.55. The Hall–Kier alpha value is -2.39. The van der Waals surface area contributed by atoms with Gasteiger partial charge < -0.3 is 0 Å². The van der Waals surface area contributed by atoms with Crippen LogP contribution >= 0.6 is 0 Å². The molecule has 0 spiro atoms. The molecule has 0 fully saturated rings. The molecule has 108 valence electrons. The van der Waals surface area contributed by atoms with Gasteiger partial charge in [0.1, 0.15) is 0 Å². The van der Waals surface area contributed by atoms with Gasteiger partial charge in [-0.2, -0.15) is 0 Å². The number of hydrogen-bond donors (Lipinski definition) is 1. The third-order valence-corrected chi connectivity index (χ3v) is 3.28. The maximum Gasteiger partial charge on any atom is 0.275 e. The van der Waals surface area contributed by atoms with Gasteiger partial charge >= 0.3 is 0 Å². The maximum atomic E-state index is 12.2. The number of hydroxylamine groups is 1. The second-order valence-corrected chi connectivity index (χ2v) is 4.72. The molecular formula is C18H19NO2. The van der Waals surface area contributed by atoms with Crippen molar-refractivity contribution in [3.05, 3.63) is 77.4 Å². The highest BCUT2D eigenvalue weighted by Crippen LogP contribution is 2.18. The molecule has 0 aliphatic carbocycles. The number of allylic oxidation sites excluding steroid dienone is 2. The summed E-state index contributed by atoms with van der Waals surface area (Å²) < 4.78 is 0. The van der Waals surface area contributed by atoms with Gasteiger partial charge in [0.15, 0.2) is 0 Å². The molecule has 1 N–H and O–H groups in total. The van der Waals surface area contributed by atoms with Gasteiger partial charge in [-0.3, -0.25) is 9.63 Å². The first-order valence-corrected chi connectivity index (χ1v) is 6.90. The Kier molecular flexibility index (Phi) is 5.29. The van der Waals surface area contributed by atoms with E-state index in [1.54, 1.807) is 6.07 Å². The molecule has 0 saturated heterocycles. The van der Waals surface area contributed by atoms with Crippen LogP contribution in [-0.4, -0.2) is 5.91 Å². The molecule has 21 heavy (non-hydrogen) atoms. The van der Waals surface area contributed by atoms with E-state index in [0.29, 0.717) is 12.2 Å². The fourth-order valence-electron chi connectivity index (χ4n) is 1.99. The van der Waals surface area contributed by atoms with Gasteiger partial charge in [0, 0.05) is 5.56 Å². The minimum atomic E-state index is -0.234. The molecule has 0 aliphatic rings. The van der Waals surface area contributed by atoms with Crippen LogP contribution in [0.3, 0.4) is 0 Å². The van der Waals surface area contributed by atoms with E-state index >= 15 is 0 Å². The molecule has 2 rings (SSSR count). The molecule has 0 saturated carbocycles. The SMILES string of the molecule is C/C=C(\C)c1ccccc1C(=O)NOCc1ccccc1. The minimum absolute atomic E-state index is 0.234. The van der Waals surface area contributed by atoms with E-state index in [0.717, 1.165) is 16.7 Å². The molecule has 0 bridgehead atoms. The van der Waals surface area contributed by atoms with Crippen molar-refractivity contribution in [2.75, 3.05) is 0 Å². The lowest BCUT2D eigenvalue weighted by Gasteiger charge is -2.10. The van der Waals surface area contributed by atoms with Gasteiger partial charge in [-0.25, -0.2) is 5.48 Å². The van der Waals surface area contributed by atoms with E-state index in [-0.39, 0.29) is 5.91 Å². The third-order valence-electron chi connectivity index (χ3n) is 3.28. The van der Waals surface area contributed by atoms with Crippen molar-refractivity contribution in [2.45, 2.75) is 20.5 Å². The molecular weight excluding hydrogens is 262 g/mol. The largest absolute Gasteiger partial charge is 0.275 e. The first-order valence-electron chi connectivity index (χ1n) is 6.90. The predicted molar refractivity (Wildman–Crippen MR) is 84.5 cm³/mol. The number of carbonyl (C=O) groups is 1. The molecule has 0 aromatic heterocycles. The standard InChI is InChI=1S/C18H19NO2/c1-3-14(2)16-11-7-8-12-17(16)18(20)19-21-13-15-9-5-4-6-10-15/h3-12H,13H2,1-2H3,(H,19,20)/b14-3+. The van der Waals surface area contributed by atoms with Crippen molar-refractivity contribution in [3.8, 4) is 0 Å². The Morgan fingerprint density at radius 3 is 2.33 bits per heavy atom. The fraction of sp³-hybridized carbons (Fsp3) is 0.167. The summed E-state index contributed by atoms with van der Waals surface area (Å²) in [6.07, 6.45) is 1.98.